The molecule has 3 N–H and O–H groups in total. The average molecular weight is 276 g/mol. The molecular formula is C13H16N4OS. The Labute approximate surface area is 117 Å². The molecule has 2 rings (SSSR count). The number of hydrogen-bond acceptors (Lipinski definition) is 5. The second kappa shape index (κ2) is 5.36. The van der Waals surface area contributed by atoms with Gasteiger partial charge in [-0.15, -0.1) is 0 Å². The molecule has 0 radical (unpaired) electrons. The number of nitrogens with zero attached hydrogens (tertiary/aromatic N) is 2. The van der Waals surface area contributed by atoms with Crippen LogP contribution < -0.4 is 11.1 Å². The predicted molar refractivity (Wildman–Crippen MR) is 78.1 cm³/mol. The van der Waals surface area contributed by atoms with Crippen LogP contribution in [0.5, 0.6) is 0 Å². The van der Waals surface area contributed by atoms with Crippen molar-refractivity contribution < 1.29 is 4.42 Å². The van der Waals surface area contributed by atoms with Gasteiger partial charge in [-0.2, -0.15) is 0 Å². The highest BCUT2D eigenvalue weighted by Gasteiger charge is 2.15. The molecule has 2 aromatic rings. The van der Waals surface area contributed by atoms with Crippen LogP contribution in [0.25, 0.3) is 0 Å². The minimum absolute atomic E-state index is 0.0299. The molecule has 100 valence electrons. The van der Waals surface area contributed by atoms with E-state index in [-0.39, 0.29) is 11.0 Å². The van der Waals surface area contributed by atoms with Gasteiger partial charge in [-0.05, 0) is 26.8 Å². The first-order chi connectivity index (χ1) is 8.99. The Morgan fingerprint density at radius 3 is 2.63 bits per heavy atom. The molecule has 0 saturated heterocycles. The van der Waals surface area contributed by atoms with Crippen molar-refractivity contribution in [3.8, 4) is 0 Å². The molecule has 1 unspecified atom stereocenters. The van der Waals surface area contributed by atoms with Gasteiger partial charge < -0.3 is 15.5 Å². The number of aryl methyl sites for hydroxylation is 2. The molecule has 0 amide bonds. The third-order valence-corrected chi connectivity index (χ3v) is 3.02. The van der Waals surface area contributed by atoms with Crippen molar-refractivity contribution in [3.63, 3.8) is 0 Å². The maximum absolute atomic E-state index is 5.63. The molecule has 19 heavy (non-hydrogen) atoms. The van der Waals surface area contributed by atoms with Gasteiger partial charge in [-0.25, -0.2) is 9.97 Å². The minimum atomic E-state index is 0.0299. The van der Waals surface area contributed by atoms with Gasteiger partial charge in [0.15, 0.2) is 5.82 Å². The smallest absolute Gasteiger partial charge is 0.155 e. The minimum Gasteiger partial charge on any atom is -0.466 e. The van der Waals surface area contributed by atoms with Gasteiger partial charge in [0.1, 0.15) is 22.2 Å². The summed E-state index contributed by atoms with van der Waals surface area (Å²) in [5.74, 6) is 2.36. The fourth-order valence-electron chi connectivity index (χ4n) is 1.99. The highest BCUT2D eigenvalue weighted by atomic mass is 32.1. The molecule has 0 fully saturated rings. The normalized spacial score (nSPS) is 12.2. The standard InChI is InChI=1S/C13H16N4OS/c1-7-6-10(9(3)18-7)8(2)17-13-11(12(14)19)15-4-5-16-13/h4-6,8H,1-3H3,(H2,14,19)(H,16,17). The first kappa shape index (κ1) is 13.5. The van der Waals surface area contributed by atoms with Crippen LogP contribution in [0.1, 0.15) is 35.7 Å². The quantitative estimate of drug-likeness (QED) is 0.835. The monoisotopic (exact) mass is 276 g/mol. The maximum atomic E-state index is 5.63. The van der Waals surface area contributed by atoms with Crippen LogP contribution in [-0.4, -0.2) is 15.0 Å². The van der Waals surface area contributed by atoms with Gasteiger partial charge in [0.05, 0.1) is 6.04 Å². The zero-order valence-electron chi connectivity index (χ0n) is 11.1. The Morgan fingerprint density at radius 1 is 1.37 bits per heavy atom. The van der Waals surface area contributed by atoms with Gasteiger partial charge >= 0.3 is 0 Å². The molecule has 0 aliphatic heterocycles. The molecule has 0 aliphatic rings. The summed E-state index contributed by atoms with van der Waals surface area (Å²) in [6, 6.07) is 2.03. The second-order valence-electron chi connectivity index (χ2n) is 4.35. The lowest BCUT2D eigenvalue weighted by Gasteiger charge is -2.15. The molecule has 5 nitrogen and oxygen atoms in total. The van der Waals surface area contributed by atoms with Gasteiger partial charge in [-0.3, -0.25) is 0 Å². The summed E-state index contributed by atoms with van der Waals surface area (Å²) in [4.78, 5) is 8.59. The van der Waals surface area contributed by atoms with E-state index < -0.39 is 0 Å². The molecule has 0 aromatic carbocycles. The van der Waals surface area contributed by atoms with Crippen LogP contribution >= 0.6 is 12.2 Å². The third-order valence-electron chi connectivity index (χ3n) is 2.83. The van der Waals surface area contributed by atoms with Crippen LogP contribution in [0.2, 0.25) is 0 Å². The van der Waals surface area contributed by atoms with Gasteiger partial charge in [-0.1, -0.05) is 12.2 Å². The highest BCUT2D eigenvalue weighted by Crippen LogP contribution is 2.24. The van der Waals surface area contributed by atoms with Crippen molar-refractivity contribution in [3.05, 3.63) is 41.2 Å². The number of hydrogen-bond donors (Lipinski definition) is 2. The van der Waals surface area contributed by atoms with Crippen LogP contribution in [0.4, 0.5) is 5.82 Å². The molecule has 1 atom stereocenters. The Bertz CT molecular complexity index is 608. The summed E-state index contributed by atoms with van der Waals surface area (Å²) in [5.41, 5.74) is 7.22. The number of aromatic nitrogens is 2. The van der Waals surface area contributed by atoms with Gasteiger partial charge in [0.25, 0.3) is 0 Å². The Kier molecular flexibility index (Phi) is 3.80. The molecule has 6 heteroatoms. The third kappa shape index (κ3) is 2.90. The molecule has 2 aromatic heterocycles. The lowest BCUT2D eigenvalue weighted by Crippen LogP contribution is -2.18. The number of rotatable bonds is 4. The molecule has 2 heterocycles. The highest BCUT2D eigenvalue weighted by molar-refractivity contribution is 7.80. The first-order valence-corrected chi connectivity index (χ1v) is 6.34. The van der Waals surface area contributed by atoms with E-state index in [9.17, 15) is 0 Å². The van der Waals surface area contributed by atoms with Gasteiger partial charge in [0, 0.05) is 18.0 Å². The summed E-state index contributed by atoms with van der Waals surface area (Å²) < 4.78 is 5.52. The predicted octanol–water partition coefficient (Wildman–Crippen LogP) is 2.49. The zero-order valence-corrected chi connectivity index (χ0v) is 11.9. The van der Waals surface area contributed by atoms with Crippen molar-refractivity contribution >= 4 is 23.0 Å². The molecule has 0 aliphatic carbocycles. The average Bonchev–Trinajstić information content (AvgIpc) is 2.69. The number of thiocarbonyl (C=S) groups is 1. The van der Waals surface area contributed by atoms with Crippen molar-refractivity contribution in [2.45, 2.75) is 26.8 Å². The van der Waals surface area contributed by atoms with Crippen molar-refractivity contribution in [1.29, 1.82) is 0 Å². The van der Waals surface area contributed by atoms with E-state index >= 15 is 0 Å². The fourth-order valence-corrected chi connectivity index (χ4v) is 2.14. The van der Waals surface area contributed by atoms with E-state index in [1.165, 1.54) is 0 Å². The molecule has 0 saturated carbocycles. The molecule has 0 bridgehead atoms. The second-order valence-corrected chi connectivity index (χ2v) is 4.79. The van der Waals surface area contributed by atoms with Crippen LogP contribution in [0.15, 0.2) is 22.9 Å². The topological polar surface area (TPSA) is 77.0 Å². The number of furan rings is 1. The summed E-state index contributed by atoms with van der Waals surface area (Å²) in [7, 11) is 0. The van der Waals surface area contributed by atoms with E-state index in [2.05, 4.69) is 15.3 Å². The van der Waals surface area contributed by atoms with Crippen LogP contribution in [0, 0.1) is 13.8 Å². The molecule has 0 spiro atoms. The zero-order chi connectivity index (χ0) is 14.0. The largest absolute Gasteiger partial charge is 0.466 e. The number of nitrogens with one attached hydrogen (secondary N) is 1. The molecular weight excluding hydrogens is 260 g/mol. The maximum Gasteiger partial charge on any atom is 0.155 e. The lowest BCUT2D eigenvalue weighted by atomic mass is 10.1. The summed E-state index contributed by atoms with van der Waals surface area (Å²) in [5, 5.41) is 3.26. The van der Waals surface area contributed by atoms with E-state index in [0.29, 0.717) is 11.5 Å². The van der Waals surface area contributed by atoms with Crippen LogP contribution in [-0.2, 0) is 0 Å². The van der Waals surface area contributed by atoms with E-state index in [1.807, 2.05) is 26.8 Å². The van der Waals surface area contributed by atoms with Gasteiger partial charge in [0.2, 0.25) is 0 Å². The fraction of sp³-hybridized carbons (Fsp3) is 0.308. The summed E-state index contributed by atoms with van der Waals surface area (Å²) in [6.07, 6.45) is 3.17. The van der Waals surface area contributed by atoms with Crippen molar-refractivity contribution in [2.75, 3.05) is 5.32 Å². The Hall–Kier alpha value is -1.95. The Balaban J connectivity index is 2.26. The van der Waals surface area contributed by atoms with Crippen molar-refractivity contribution in [2.24, 2.45) is 5.73 Å². The first-order valence-electron chi connectivity index (χ1n) is 5.93. The van der Waals surface area contributed by atoms with Crippen molar-refractivity contribution in [1.82, 2.24) is 9.97 Å². The van der Waals surface area contributed by atoms with E-state index in [1.54, 1.807) is 12.4 Å². The summed E-state index contributed by atoms with van der Waals surface area (Å²) >= 11 is 4.97. The number of nitrogens with two attached hydrogens (primary N) is 1. The van der Waals surface area contributed by atoms with E-state index in [4.69, 9.17) is 22.4 Å². The van der Waals surface area contributed by atoms with Crippen LogP contribution in [0.3, 0.4) is 0 Å². The Morgan fingerprint density at radius 2 is 2.05 bits per heavy atom. The number of anilines is 1. The SMILES string of the molecule is Cc1cc(C(C)Nc2nccnc2C(N)=S)c(C)o1. The van der Waals surface area contributed by atoms with E-state index in [0.717, 1.165) is 17.1 Å². The summed E-state index contributed by atoms with van der Waals surface area (Å²) in [6.45, 7) is 5.88. The lowest BCUT2D eigenvalue weighted by molar-refractivity contribution is 0.499.